The summed E-state index contributed by atoms with van der Waals surface area (Å²) in [6, 6.07) is 3.32. The first-order chi connectivity index (χ1) is 8.00. The number of hydrogen-bond acceptors (Lipinski definition) is 3. The summed E-state index contributed by atoms with van der Waals surface area (Å²) in [4.78, 5) is 3.00. The number of nitrogens with zero attached hydrogens (tertiary/aromatic N) is 1. The minimum Gasteiger partial charge on any atom is -0.359 e. The fraction of sp³-hybridized carbons (Fsp3) is 0. The first-order valence-electron chi connectivity index (χ1n) is 4.23. The average molecular weight is 263 g/mol. The van der Waals surface area contributed by atoms with Gasteiger partial charge in [0.1, 0.15) is 5.82 Å². The Morgan fingerprint density at radius 2 is 2.00 bits per heavy atom. The highest BCUT2D eigenvalue weighted by Gasteiger charge is 2.19. The Balaban J connectivity index is 2.82. The summed E-state index contributed by atoms with van der Waals surface area (Å²) in [6.07, 6.45) is 0. The molecule has 0 radical (unpaired) electrons. The molecule has 1 aromatic carbocycles. The molecule has 0 amide bonds. The maximum atomic E-state index is 13.3. The zero-order chi connectivity index (χ0) is 12.6. The van der Waals surface area contributed by atoms with Gasteiger partial charge in [-0.15, -0.1) is 0 Å². The number of rotatable bonds is 2. The second-order valence-corrected chi connectivity index (χ2v) is 3.59. The van der Waals surface area contributed by atoms with Crippen LogP contribution in [0.15, 0.2) is 18.2 Å². The van der Waals surface area contributed by atoms with Crippen molar-refractivity contribution in [3.8, 4) is 5.88 Å². The average Bonchev–Trinajstić information content (AvgIpc) is 2.24. The van der Waals surface area contributed by atoms with E-state index >= 15 is 0 Å². The van der Waals surface area contributed by atoms with E-state index in [1.165, 1.54) is 12.1 Å². The van der Waals surface area contributed by atoms with E-state index in [0.717, 1.165) is 6.07 Å². The van der Waals surface area contributed by atoms with Crippen molar-refractivity contribution in [1.29, 1.82) is 0 Å². The second kappa shape index (κ2) is 4.30. The molecule has 90 valence electrons. The first kappa shape index (κ1) is 11.8. The van der Waals surface area contributed by atoms with Gasteiger partial charge in [-0.2, -0.15) is 13.6 Å². The third-order valence-electron chi connectivity index (χ3n) is 1.99. The predicted octanol–water partition coefficient (Wildman–Crippen LogP) is 2.17. The van der Waals surface area contributed by atoms with Gasteiger partial charge in [0.05, 0.1) is 10.8 Å². The van der Waals surface area contributed by atoms with Crippen molar-refractivity contribution in [1.82, 2.24) is 4.98 Å². The molecule has 0 aliphatic heterocycles. The standard InChI is InChI=1S/C9H4F3NO3S/c10-5-3-1-2-4-6(5)7(11)8(12)13-9(4)16-17(14)15/h1-3H,(H,14,15). The molecule has 2 rings (SSSR count). The van der Waals surface area contributed by atoms with Crippen LogP contribution in [0.2, 0.25) is 0 Å². The van der Waals surface area contributed by atoms with Crippen molar-refractivity contribution in [2.24, 2.45) is 0 Å². The van der Waals surface area contributed by atoms with Crippen LogP contribution in [-0.4, -0.2) is 13.7 Å². The van der Waals surface area contributed by atoms with Gasteiger partial charge >= 0.3 is 11.4 Å². The maximum Gasteiger partial charge on any atom is 0.359 e. The molecule has 1 atom stereocenters. The Morgan fingerprint density at radius 1 is 1.29 bits per heavy atom. The van der Waals surface area contributed by atoms with Crippen LogP contribution in [-0.2, 0) is 11.4 Å². The van der Waals surface area contributed by atoms with Crippen molar-refractivity contribution in [2.75, 3.05) is 0 Å². The van der Waals surface area contributed by atoms with Crippen molar-refractivity contribution >= 4 is 22.1 Å². The molecule has 0 saturated heterocycles. The molecular weight excluding hydrogens is 259 g/mol. The summed E-state index contributed by atoms with van der Waals surface area (Å²) in [5.74, 6) is -4.76. The van der Waals surface area contributed by atoms with E-state index < -0.39 is 40.2 Å². The molecule has 1 aromatic heterocycles. The monoisotopic (exact) mass is 263 g/mol. The minimum absolute atomic E-state index is 0.230. The van der Waals surface area contributed by atoms with Gasteiger partial charge in [0.15, 0.2) is 5.82 Å². The third-order valence-corrected chi connectivity index (χ3v) is 2.30. The number of halogens is 3. The summed E-state index contributed by atoms with van der Waals surface area (Å²) < 4.78 is 62.8. The molecule has 0 fully saturated rings. The van der Waals surface area contributed by atoms with Crippen molar-refractivity contribution < 1.29 is 26.1 Å². The zero-order valence-electron chi connectivity index (χ0n) is 7.99. The normalized spacial score (nSPS) is 12.7. The molecule has 2 aromatic rings. The van der Waals surface area contributed by atoms with Crippen molar-refractivity contribution in [3.05, 3.63) is 35.8 Å². The van der Waals surface area contributed by atoms with E-state index in [9.17, 15) is 17.4 Å². The van der Waals surface area contributed by atoms with E-state index in [4.69, 9.17) is 4.55 Å². The lowest BCUT2D eigenvalue weighted by Gasteiger charge is -2.06. The molecule has 0 aliphatic rings. The largest absolute Gasteiger partial charge is 0.359 e. The zero-order valence-corrected chi connectivity index (χ0v) is 8.80. The smallest absolute Gasteiger partial charge is 0.359 e. The van der Waals surface area contributed by atoms with Gasteiger partial charge in [0.2, 0.25) is 5.88 Å². The maximum absolute atomic E-state index is 13.3. The lowest BCUT2D eigenvalue weighted by Crippen LogP contribution is -2.04. The SMILES string of the molecule is O=S(O)Oc1nc(F)c(F)c2c(F)cccc12. The third kappa shape index (κ3) is 2.08. The Kier molecular flexibility index (Phi) is 2.99. The summed E-state index contributed by atoms with van der Waals surface area (Å²) in [5.41, 5.74) is 0. The van der Waals surface area contributed by atoms with Crippen LogP contribution >= 0.6 is 0 Å². The van der Waals surface area contributed by atoms with Gasteiger partial charge < -0.3 is 4.18 Å². The summed E-state index contributed by atoms with van der Waals surface area (Å²) in [6.45, 7) is 0. The van der Waals surface area contributed by atoms with E-state index in [2.05, 4.69) is 9.17 Å². The lowest BCUT2D eigenvalue weighted by molar-refractivity contribution is 0.432. The summed E-state index contributed by atoms with van der Waals surface area (Å²) >= 11 is -2.77. The molecule has 0 aliphatic carbocycles. The predicted molar refractivity (Wildman–Crippen MR) is 53.0 cm³/mol. The fourth-order valence-electron chi connectivity index (χ4n) is 1.36. The Morgan fingerprint density at radius 3 is 2.65 bits per heavy atom. The van der Waals surface area contributed by atoms with Gasteiger partial charge in [-0.05, 0) is 12.1 Å². The number of benzene rings is 1. The number of fused-ring (bicyclic) bond motifs is 1. The molecule has 8 heteroatoms. The van der Waals surface area contributed by atoms with Gasteiger partial charge in [0.25, 0.3) is 5.95 Å². The highest BCUT2D eigenvalue weighted by Crippen LogP contribution is 2.29. The Hall–Kier alpha value is -1.67. The van der Waals surface area contributed by atoms with Crippen LogP contribution in [0, 0.1) is 17.6 Å². The minimum atomic E-state index is -2.77. The van der Waals surface area contributed by atoms with Gasteiger partial charge in [-0.1, -0.05) is 6.07 Å². The van der Waals surface area contributed by atoms with Crippen molar-refractivity contribution in [3.63, 3.8) is 0 Å². The van der Waals surface area contributed by atoms with E-state index in [0.29, 0.717) is 0 Å². The molecule has 0 saturated carbocycles. The molecule has 0 bridgehead atoms. The van der Waals surface area contributed by atoms with Crippen LogP contribution in [0.3, 0.4) is 0 Å². The Bertz CT molecular complexity index is 620. The van der Waals surface area contributed by atoms with Crippen LogP contribution in [0.4, 0.5) is 13.2 Å². The molecule has 17 heavy (non-hydrogen) atoms. The second-order valence-electron chi connectivity index (χ2n) is 2.98. The van der Waals surface area contributed by atoms with Gasteiger partial charge in [-0.25, -0.2) is 8.78 Å². The van der Waals surface area contributed by atoms with E-state index in [1.807, 2.05) is 0 Å². The van der Waals surface area contributed by atoms with Crippen LogP contribution in [0.1, 0.15) is 0 Å². The number of hydrogen-bond donors (Lipinski definition) is 1. The lowest BCUT2D eigenvalue weighted by atomic mass is 10.1. The number of pyridine rings is 1. The van der Waals surface area contributed by atoms with Crippen LogP contribution < -0.4 is 4.18 Å². The van der Waals surface area contributed by atoms with Gasteiger partial charge in [0, 0.05) is 0 Å². The fourth-order valence-corrected chi connectivity index (χ4v) is 1.62. The molecular formula is C9H4F3NO3S. The number of aromatic nitrogens is 1. The molecule has 1 heterocycles. The quantitative estimate of drug-likeness (QED) is 0.666. The Labute approximate surface area is 95.5 Å². The molecule has 4 nitrogen and oxygen atoms in total. The van der Waals surface area contributed by atoms with E-state index in [-0.39, 0.29) is 5.39 Å². The van der Waals surface area contributed by atoms with Crippen LogP contribution in [0.25, 0.3) is 10.8 Å². The molecule has 1 N–H and O–H groups in total. The summed E-state index contributed by atoms with van der Waals surface area (Å²) in [7, 11) is 0. The van der Waals surface area contributed by atoms with Crippen LogP contribution in [0.5, 0.6) is 5.88 Å². The first-order valence-corrected chi connectivity index (χ1v) is 5.26. The van der Waals surface area contributed by atoms with Gasteiger partial charge in [-0.3, -0.25) is 4.55 Å². The topological polar surface area (TPSA) is 59.4 Å². The molecule has 1 unspecified atom stereocenters. The van der Waals surface area contributed by atoms with E-state index in [1.54, 1.807) is 0 Å². The highest BCUT2D eigenvalue weighted by atomic mass is 32.2. The molecule has 0 spiro atoms. The van der Waals surface area contributed by atoms with Crippen molar-refractivity contribution in [2.45, 2.75) is 0 Å². The highest BCUT2D eigenvalue weighted by molar-refractivity contribution is 7.74. The summed E-state index contributed by atoms with van der Waals surface area (Å²) in [5, 5.41) is -0.910.